The number of hydrogen-bond acceptors (Lipinski definition) is 3. The minimum atomic E-state index is -0.408. The summed E-state index contributed by atoms with van der Waals surface area (Å²) < 4.78 is 4.90. The molecule has 2 N–H and O–H groups in total. The van der Waals surface area contributed by atoms with Crippen molar-refractivity contribution in [3.8, 4) is 0 Å². The highest BCUT2D eigenvalue weighted by molar-refractivity contribution is 5.92. The van der Waals surface area contributed by atoms with Gasteiger partial charge < -0.3 is 15.4 Å². The van der Waals surface area contributed by atoms with Crippen LogP contribution in [0.2, 0.25) is 0 Å². The summed E-state index contributed by atoms with van der Waals surface area (Å²) in [7, 11) is 0. The highest BCUT2D eigenvalue weighted by Crippen LogP contribution is 2.19. The SMILES string of the molecule is C=CCOC(=O)c1ccc(NC(=O)NC2CC2)cc1. The quantitative estimate of drug-likeness (QED) is 0.630. The van der Waals surface area contributed by atoms with Gasteiger partial charge in [0.1, 0.15) is 6.61 Å². The Balaban J connectivity index is 1.87. The molecular formula is C14H16N2O3. The lowest BCUT2D eigenvalue weighted by Gasteiger charge is -2.07. The van der Waals surface area contributed by atoms with Gasteiger partial charge in [-0.3, -0.25) is 0 Å². The largest absolute Gasteiger partial charge is 0.458 e. The molecule has 0 atom stereocenters. The number of nitrogens with one attached hydrogen (secondary N) is 2. The Morgan fingerprint density at radius 3 is 2.58 bits per heavy atom. The van der Waals surface area contributed by atoms with Gasteiger partial charge in [0.25, 0.3) is 0 Å². The monoisotopic (exact) mass is 260 g/mol. The Bertz CT molecular complexity index is 478. The molecule has 1 aliphatic carbocycles. The standard InChI is InChI=1S/C14H16N2O3/c1-2-9-19-13(17)10-3-5-11(6-4-10)15-14(18)16-12-7-8-12/h2-6,12H,1,7-9H2,(H2,15,16,18). The van der Waals surface area contributed by atoms with Gasteiger partial charge in [-0.05, 0) is 37.1 Å². The molecule has 2 rings (SSSR count). The van der Waals surface area contributed by atoms with Crippen molar-refractivity contribution in [2.75, 3.05) is 11.9 Å². The van der Waals surface area contributed by atoms with Crippen LogP contribution < -0.4 is 10.6 Å². The summed E-state index contributed by atoms with van der Waals surface area (Å²) in [4.78, 5) is 23.0. The van der Waals surface area contributed by atoms with Crippen LogP contribution in [0, 0.1) is 0 Å². The summed E-state index contributed by atoms with van der Waals surface area (Å²) in [6, 6.07) is 6.64. The van der Waals surface area contributed by atoms with Crippen molar-refractivity contribution in [1.29, 1.82) is 0 Å². The number of benzene rings is 1. The average Bonchev–Trinajstić information content (AvgIpc) is 3.20. The molecule has 1 aromatic carbocycles. The number of carbonyl (C=O) groups excluding carboxylic acids is 2. The molecule has 2 amide bonds. The molecule has 1 saturated carbocycles. The van der Waals surface area contributed by atoms with E-state index in [2.05, 4.69) is 17.2 Å². The van der Waals surface area contributed by atoms with Crippen LogP contribution >= 0.6 is 0 Å². The third-order valence-electron chi connectivity index (χ3n) is 2.62. The summed E-state index contributed by atoms with van der Waals surface area (Å²) in [5.74, 6) is -0.408. The summed E-state index contributed by atoms with van der Waals surface area (Å²) in [5, 5.41) is 5.52. The molecule has 1 aromatic rings. The topological polar surface area (TPSA) is 67.4 Å². The van der Waals surface area contributed by atoms with E-state index in [4.69, 9.17) is 4.74 Å². The Hall–Kier alpha value is -2.30. The number of carbonyl (C=O) groups is 2. The maximum absolute atomic E-state index is 11.5. The van der Waals surface area contributed by atoms with Crippen molar-refractivity contribution in [3.63, 3.8) is 0 Å². The summed E-state index contributed by atoms with van der Waals surface area (Å²) in [6.45, 7) is 3.65. The fraction of sp³-hybridized carbons (Fsp3) is 0.286. The number of ether oxygens (including phenoxy) is 1. The van der Waals surface area contributed by atoms with E-state index in [1.807, 2.05) is 0 Å². The molecule has 0 heterocycles. The molecule has 0 saturated heterocycles. The van der Waals surface area contributed by atoms with Gasteiger partial charge in [0.2, 0.25) is 0 Å². The zero-order chi connectivity index (χ0) is 13.7. The Kier molecular flexibility index (Phi) is 4.18. The van der Waals surface area contributed by atoms with E-state index in [0.717, 1.165) is 12.8 Å². The Labute approximate surface area is 111 Å². The first-order valence-corrected chi connectivity index (χ1v) is 6.14. The molecule has 0 unspecified atom stereocenters. The van der Waals surface area contributed by atoms with Crippen molar-refractivity contribution in [2.24, 2.45) is 0 Å². The molecule has 5 nitrogen and oxygen atoms in total. The van der Waals surface area contributed by atoms with Gasteiger partial charge in [0, 0.05) is 11.7 Å². The first-order chi connectivity index (χ1) is 9.19. The highest BCUT2D eigenvalue weighted by Gasteiger charge is 2.23. The van der Waals surface area contributed by atoms with Gasteiger partial charge in [-0.2, -0.15) is 0 Å². The van der Waals surface area contributed by atoms with E-state index in [0.29, 0.717) is 17.3 Å². The van der Waals surface area contributed by atoms with E-state index >= 15 is 0 Å². The zero-order valence-corrected chi connectivity index (χ0v) is 10.5. The molecule has 0 spiro atoms. The Morgan fingerprint density at radius 2 is 2.00 bits per heavy atom. The Morgan fingerprint density at radius 1 is 1.32 bits per heavy atom. The van der Waals surface area contributed by atoms with Gasteiger partial charge in [-0.15, -0.1) is 0 Å². The van der Waals surface area contributed by atoms with E-state index in [1.165, 1.54) is 6.08 Å². The highest BCUT2D eigenvalue weighted by atomic mass is 16.5. The number of amides is 2. The van der Waals surface area contributed by atoms with E-state index in [-0.39, 0.29) is 12.6 Å². The van der Waals surface area contributed by atoms with Gasteiger partial charge in [-0.1, -0.05) is 12.7 Å². The molecule has 1 fully saturated rings. The molecule has 0 radical (unpaired) electrons. The molecule has 100 valence electrons. The van der Waals surface area contributed by atoms with Crippen molar-refractivity contribution in [3.05, 3.63) is 42.5 Å². The van der Waals surface area contributed by atoms with Crippen LogP contribution in [-0.2, 0) is 4.74 Å². The fourth-order valence-electron chi connectivity index (χ4n) is 1.49. The second-order valence-corrected chi connectivity index (χ2v) is 4.34. The van der Waals surface area contributed by atoms with Crippen molar-refractivity contribution in [2.45, 2.75) is 18.9 Å². The minimum Gasteiger partial charge on any atom is -0.458 e. The second kappa shape index (κ2) is 6.04. The smallest absolute Gasteiger partial charge is 0.338 e. The van der Waals surface area contributed by atoms with Crippen LogP contribution in [0.5, 0.6) is 0 Å². The maximum atomic E-state index is 11.5. The van der Waals surface area contributed by atoms with Crippen molar-refractivity contribution >= 4 is 17.7 Å². The summed E-state index contributed by atoms with van der Waals surface area (Å²) in [5.41, 5.74) is 1.08. The maximum Gasteiger partial charge on any atom is 0.338 e. The van der Waals surface area contributed by atoms with Gasteiger partial charge >= 0.3 is 12.0 Å². The predicted molar refractivity (Wildman–Crippen MR) is 72.1 cm³/mol. The van der Waals surface area contributed by atoms with Crippen molar-refractivity contribution in [1.82, 2.24) is 5.32 Å². The van der Waals surface area contributed by atoms with Crippen LogP contribution in [0.4, 0.5) is 10.5 Å². The van der Waals surface area contributed by atoms with Crippen LogP contribution in [0.1, 0.15) is 23.2 Å². The first-order valence-electron chi connectivity index (χ1n) is 6.14. The van der Waals surface area contributed by atoms with Gasteiger partial charge in [0.15, 0.2) is 0 Å². The summed E-state index contributed by atoms with van der Waals surface area (Å²) >= 11 is 0. The number of rotatable bonds is 5. The molecule has 1 aliphatic rings. The molecular weight excluding hydrogens is 244 g/mol. The van der Waals surface area contributed by atoms with Crippen LogP contribution in [0.15, 0.2) is 36.9 Å². The molecule has 0 aliphatic heterocycles. The van der Waals surface area contributed by atoms with Crippen LogP contribution in [-0.4, -0.2) is 24.6 Å². The second-order valence-electron chi connectivity index (χ2n) is 4.34. The van der Waals surface area contributed by atoms with Gasteiger partial charge in [-0.25, -0.2) is 9.59 Å². The predicted octanol–water partition coefficient (Wildman–Crippen LogP) is 2.31. The first kappa shape index (κ1) is 13.1. The molecule has 19 heavy (non-hydrogen) atoms. The lowest BCUT2D eigenvalue weighted by molar-refractivity contribution is 0.0550. The number of urea groups is 1. The third-order valence-corrected chi connectivity index (χ3v) is 2.62. The van der Waals surface area contributed by atoms with E-state index in [1.54, 1.807) is 24.3 Å². The van der Waals surface area contributed by atoms with Crippen LogP contribution in [0.25, 0.3) is 0 Å². The normalized spacial score (nSPS) is 13.5. The number of anilines is 1. The van der Waals surface area contributed by atoms with Gasteiger partial charge in [0.05, 0.1) is 5.56 Å². The number of esters is 1. The lowest BCUT2D eigenvalue weighted by atomic mass is 10.2. The minimum absolute atomic E-state index is 0.183. The molecule has 5 heteroatoms. The van der Waals surface area contributed by atoms with Crippen molar-refractivity contribution < 1.29 is 14.3 Å². The average molecular weight is 260 g/mol. The van der Waals surface area contributed by atoms with Crippen LogP contribution in [0.3, 0.4) is 0 Å². The fourth-order valence-corrected chi connectivity index (χ4v) is 1.49. The zero-order valence-electron chi connectivity index (χ0n) is 10.5. The lowest BCUT2D eigenvalue weighted by Crippen LogP contribution is -2.30. The third kappa shape index (κ3) is 4.13. The van der Waals surface area contributed by atoms with E-state index < -0.39 is 5.97 Å². The van der Waals surface area contributed by atoms with E-state index in [9.17, 15) is 9.59 Å². The molecule has 0 aromatic heterocycles. The summed E-state index contributed by atoms with van der Waals surface area (Å²) in [6.07, 6.45) is 3.60. The number of hydrogen-bond donors (Lipinski definition) is 2. The molecule has 0 bridgehead atoms.